The minimum absolute atomic E-state index is 0.503. The van der Waals surface area contributed by atoms with Gasteiger partial charge in [-0.05, 0) is 22.5 Å². The first-order valence-electron chi connectivity index (χ1n) is 5.11. The van der Waals surface area contributed by atoms with E-state index in [1.54, 1.807) is 0 Å². The summed E-state index contributed by atoms with van der Waals surface area (Å²) in [4.78, 5) is 0.509. The summed E-state index contributed by atoms with van der Waals surface area (Å²) < 4.78 is 1.31. The van der Waals surface area contributed by atoms with Crippen LogP contribution in [-0.2, 0) is 0 Å². The molecule has 1 aromatic carbocycles. The molecule has 3 atom stereocenters. The minimum atomic E-state index is 0.503. The molecule has 3 heteroatoms. The fraction of sp³-hybridized carbons (Fsp3) is 0.333. The van der Waals surface area contributed by atoms with E-state index in [-0.39, 0.29) is 0 Å². The van der Waals surface area contributed by atoms with Crippen molar-refractivity contribution in [3.8, 4) is 0 Å². The Balaban J connectivity index is 2.08. The number of hydrogen-bond donors (Lipinski definition) is 1. The first-order valence-corrected chi connectivity index (χ1v) is 6.82. The average Bonchev–Trinajstić information content (AvgIpc) is 2.57. The Labute approximate surface area is 106 Å². The summed E-state index contributed by atoms with van der Waals surface area (Å²) in [5, 5.41) is 3.59. The molecular formula is C12H11Br2N. The third-order valence-corrected chi connectivity index (χ3v) is 4.65. The normalized spacial score (nSPS) is 32.7. The topological polar surface area (TPSA) is 12.0 Å². The molecule has 0 bridgehead atoms. The molecule has 1 aliphatic heterocycles. The number of alkyl halides is 1. The molecule has 1 N–H and O–H groups in total. The highest BCUT2D eigenvalue weighted by molar-refractivity contribution is 9.12. The number of anilines is 1. The predicted molar refractivity (Wildman–Crippen MR) is 70.9 cm³/mol. The molecule has 78 valence electrons. The zero-order valence-electron chi connectivity index (χ0n) is 8.08. The van der Waals surface area contributed by atoms with Crippen molar-refractivity contribution in [2.24, 2.45) is 0 Å². The molecule has 0 saturated carbocycles. The zero-order valence-corrected chi connectivity index (χ0v) is 11.3. The van der Waals surface area contributed by atoms with Crippen molar-refractivity contribution < 1.29 is 0 Å². The maximum absolute atomic E-state index is 3.76. The van der Waals surface area contributed by atoms with Crippen LogP contribution in [0.3, 0.4) is 0 Å². The Morgan fingerprint density at radius 3 is 2.93 bits per heavy atom. The van der Waals surface area contributed by atoms with Gasteiger partial charge in [-0.3, -0.25) is 0 Å². The monoisotopic (exact) mass is 327 g/mol. The van der Waals surface area contributed by atoms with Crippen molar-refractivity contribution in [1.82, 2.24) is 0 Å². The molecule has 2 aliphatic rings. The number of nitrogens with one attached hydrogen (secondary N) is 1. The maximum Gasteiger partial charge on any atom is 0.0494 e. The molecule has 0 spiro atoms. The molecule has 15 heavy (non-hydrogen) atoms. The van der Waals surface area contributed by atoms with Crippen molar-refractivity contribution in [3.63, 3.8) is 0 Å². The lowest BCUT2D eigenvalue weighted by Crippen LogP contribution is -2.32. The fourth-order valence-electron chi connectivity index (χ4n) is 2.47. The van der Waals surface area contributed by atoms with E-state index < -0.39 is 0 Å². The summed E-state index contributed by atoms with van der Waals surface area (Å²) in [5.74, 6) is 0.508. The van der Waals surface area contributed by atoms with Gasteiger partial charge in [-0.1, -0.05) is 56.1 Å². The van der Waals surface area contributed by atoms with E-state index in [0.29, 0.717) is 16.8 Å². The first-order chi connectivity index (χ1) is 7.25. The van der Waals surface area contributed by atoms with Crippen LogP contribution in [0.4, 0.5) is 5.69 Å². The average molecular weight is 329 g/mol. The van der Waals surface area contributed by atoms with Gasteiger partial charge in [-0.15, -0.1) is 0 Å². The van der Waals surface area contributed by atoms with Gasteiger partial charge in [-0.2, -0.15) is 0 Å². The van der Waals surface area contributed by atoms with Crippen LogP contribution in [0.15, 0.2) is 34.8 Å². The largest absolute Gasteiger partial charge is 0.380 e. The van der Waals surface area contributed by atoms with Crippen molar-refractivity contribution in [3.05, 3.63) is 40.4 Å². The van der Waals surface area contributed by atoms with E-state index >= 15 is 0 Å². The Morgan fingerprint density at radius 1 is 1.27 bits per heavy atom. The molecule has 0 aromatic heterocycles. The summed E-state index contributed by atoms with van der Waals surface area (Å²) >= 11 is 7.38. The zero-order chi connectivity index (χ0) is 10.4. The van der Waals surface area contributed by atoms with Crippen LogP contribution in [0.5, 0.6) is 0 Å². The third-order valence-electron chi connectivity index (χ3n) is 3.17. The van der Waals surface area contributed by atoms with Crippen LogP contribution >= 0.6 is 31.9 Å². The number of rotatable bonds is 0. The van der Waals surface area contributed by atoms with Gasteiger partial charge in [0.2, 0.25) is 0 Å². The van der Waals surface area contributed by atoms with Crippen LogP contribution in [0.2, 0.25) is 0 Å². The lowest BCUT2D eigenvalue weighted by atomic mass is 9.88. The molecule has 0 amide bonds. The molecule has 1 aromatic rings. The van der Waals surface area contributed by atoms with Crippen molar-refractivity contribution >= 4 is 37.5 Å². The Morgan fingerprint density at radius 2 is 2.07 bits per heavy atom. The first kappa shape index (κ1) is 9.91. The second-order valence-corrected chi connectivity index (χ2v) is 6.31. The molecule has 0 saturated heterocycles. The molecule has 0 radical (unpaired) electrons. The summed E-state index contributed by atoms with van der Waals surface area (Å²) in [6, 6.07) is 9.08. The molecule has 1 aliphatic carbocycles. The van der Waals surface area contributed by atoms with E-state index in [1.807, 2.05) is 0 Å². The van der Waals surface area contributed by atoms with Gasteiger partial charge in [0.1, 0.15) is 0 Å². The van der Waals surface area contributed by atoms with Gasteiger partial charge in [0.05, 0.1) is 0 Å². The van der Waals surface area contributed by atoms with E-state index in [4.69, 9.17) is 0 Å². The molecule has 0 fully saturated rings. The highest BCUT2D eigenvalue weighted by Gasteiger charge is 2.37. The van der Waals surface area contributed by atoms with E-state index in [9.17, 15) is 0 Å². The number of hydrogen-bond acceptors (Lipinski definition) is 1. The Bertz CT molecular complexity index is 427. The minimum Gasteiger partial charge on any atom is -0.380 e. The van der Waals surface area contributed by atoms with E-state index in [0.717, 1.165) is 6.42 Å². The highest BCUT2D eigenvalue weighted by atomic mass is 79.9. The van der Waals surface area contributed by atoms with Gasteiger partial charge < -0.3 is 5.32 Å². The van der Waals surface area contributed by atoms with Crippen molar-refractivity contribution in [2.75, 3.05) is 5.32 Å². The molecule has 0 unspecified atom stereocenters. The van der Waals surface area contributed by atoms with Crippen LogP contribution in [0.25, 0.3) is 0 Å². The van der Waals surface area contributed by atoms with Gasteiger partial charge in [-0.25, -0.2) is 0 Å². The van der Waals surface area contributed by atoms with Gasteiger partial charge in [0.15, 0.2) is 0 Å². The molecule has 1 nitrogen and oxygen atoms in total. The number of para-hydroxylation sites is 1. The van der Waals surface area contributed by atoms with Gasteiger partial charge in [0.25, 0.3) is 0 Å². The summed E-state index contributed by atoms with van der Waals surface area (Å²) in [5.41, 5.74) is 2.71. The number of fused-ring (bicyclic) bond motifs is 3. The summed E-state index contributed by atoms with van der Waals surface area (Å²) in [7, 11) is 0. The van der Waals surface area contributed by atoms with Gasteiger partial charge >= 0.3 is 0 Å². The van der Waals surface area contributed by atoms with Crippen molar-refractivity contribution in [2.45, 2.75) is 23.2 Å². The van der Waals surface area contributed by atoms with Crippen LogP contribution in [0.1, 0.15) is 17.9 Å². The van der Waals surface area contributed by atoms with Crippen molar-refractivity contribution in [1.29, 1.82) is 0 Å². The van der Waals surface area contributed by atoms with Crippen LogP contribution < -0.4 is 5.32 Å². The summed E-state index contributed by atoms with van der Waals surface area (Å²) in [6.07, 6.45) is 3.41. The molecule has 1 heterocycles. The van der Waals surface area contributed by atoms with E-state index in [2.05, 4.69) is 67.5 Å². The van der Waals surface area contributed by atoms with Crippen LogP contribution in [0, 0.1) is 0 Å². The van der Waals surface area contributed by atoms with Crippen LogP contribution in [-0.4, -0.2) is 10.9 Å². The Hall–Kier alpha value is -0.280. The fourth-order valence-corrected chi connectivity index (χ4v) is 4.34. The third kappa shape index (κ3) is 1.56. The standard InChI is InChI=1S/C12H11Br2N/c13-7-5-9-8-3-1-2-4-11(8)15-12(9)10(14)6-7/h1-5,9-10,12,15H,6H2/t9-,10+,12-/m1/s1. The van der Waals surface area contributed by atoms with Gasteiger partial charge in [0, 0.05) is 22.5 Å². The van der Waals surface area contributed by atoms with E-state index in [1.165, 1.54) is 15.7 Å². The molecule has 3 rings (SSSR count). The summed E-state index contributed by atoms with van der Waals surface area (Å²) in [6.45, 7) is 0. The second kappa shape index (κ2) is 3.63. The number of benzene rings is 1. The second-order valence-electron chi connectivity index (χ2n) is 4.12. The maximum atomic E-state index is 3.76. The number of halogens is 2. The lowest BCUT2D eigenvalue weighted by molar-refractivity contribution is 0.625. The Kier molecular flexibility index (Phi) is 2.40. The number of allylic oxidation sites excluding steroid dienone is 1. The smallest absolute Gasteiger partial charge is 0.0494 e. The SMILES string of the molecule is BrC1=C[C@@H]2c3ccccc3N[C@H]2[C@@H](Br)C1. The lowest BCUT2D eigenvalue weighted by Gasteiger charge is -2.28. The highest BCUT2D eigenvalue weighted by Crippen LogP contribution is 2.45. The quantitative estimate of drug-likeness (QED) is 0.709. The molecular weight excluding hydrogens is 318 g/mol. The predicted octanol–water partition coefficient (Wildman–Crippen LogP) is 4.01.